The Morgan fingerprint density at radius 2 is 1.85 bits per heavy atom. The van der Waals surface area contributed by atoms with Crippen LogP contribution < -0.4 is 0 Å². The number of aryl methyl sites for hydroxylation is 3. The van der Waals surface area contributed by atoms with Crippen LogP contribution in [0.4, 0.5) is 0 Å². The molecule has 3 rings (SSSR count). The minimum Gasteiger partial charge on any atom is -0.360 e. The van der Waals surface area contributed by atoms with Gasteiger partial charge in [0.25, 0.3) is 0 Å². The van der Waals surface area contributed by atoms with Gasteiger partial charge in [-0.15, -0.1) is 0 Å². The van der Waals surface area contributed by atoms with Crippen molar-refractivity contribution in [2.75, 3.05) is 32.7 Å². The van der Waals surface area contributed by atoms with Crippen LogP contribution in [0, 0.1) is 13.8 Å². The van der Waals surface area contributed by atoms with Gasteiger partial charge in [0, 0.05) is 31.2 Å². The van der Waals surface area contributed by atoms with Gasteiger partial charge >= 0.3 is 0 Å². The second kappa shape index (κ2) is 8.08. The van der Waals surface area contributed by atoms with Gasteiger partial charge in [-0.3, -0.25) is 0 Å². The van der Waals surface area contributed by atoms with E-state index in [1.807, 2.05) is 18.2 Å². The summed E-state index contributed by atoms with van der Waals surface area (Å²) in [4.78, 5) is 2.51. The lowest BCUT2D eigenvalue weighted by atomic mass is 10.1. The van der Waals surface area contributed by atoms with Crippen LogP contribution in [0.5, 0.6) is 0 Å². The smallest absolute Gasteiger partial charge is 0.248 e. The average Bonchev–Trinajstić information content (AvgIpc) is 2.96. The molecule has 2 heterocycles. The van der Waals surface area contributed by atoms with Gasteiger partial charge in [0.15, 0.2) is 5.76 Å². The Balaban J connectivity index is 1.52. The third kappa shape index (κ3) is 4.11. The normalized spacial score (nSPS) is 16.9. The molecule has 0 radical (unpaired) electrons. The van der Waals surface area contributed by atoms with E-state index in [9.17, 15) is 8.42 Å². The molecule has 0 saturated carbocycles. The Morgan fingerprint density at radius 3 is 2.46 bits per heavy atom. The number of hydrogen-bond donors (Lipinski definition) is 0. The zero-order valence-electron chi connectivity index (χ0n) is 15.1. The van der Waals surface area contributed by atoms with Gasteiger partial charge < -0.3 is 9.42 Å². The molecule has 1 fully saturated rings. The van der Waals surface area contributed by atoms with E-state index in [1.54, 1.807) is 13.8 Å². The van der Waals surface area contributed by atoms with Gasteiger partial charge in [-0.1, -0.05) is 35.0 Å². The number of rotatable bonds is 6. The van der Waals surface area contributed by atoms with Crippen LogP contribution in [0.15, 0.2) is 33.7 Å². The molecule has 1 aromatic carbocycles. The third-order valence-electron chi connectivity index (χ3n) is 4.78. The maximum absolute atomic E-state index is 12.8. The average molecular weight is 398 g/mol. The molecule has 2 aromatic rings. The van der Waals surface area contributed by atoms with Gasteiger partial charge in [-0.2, -0.15) is 4.31 Å². The number of nitrogens with zero attached hydrogens (tertiary/aromatic N) is 3. The van der Waals surface area contributed by atoms with Crippen LogP contribution in [0.3, 0.4) is 0 Å². The van der Waals surface area contributed by atoms with Crippen LogP contribution in [-0.4, -0.2) is 55.5 Å². The Bertz CT molecular complexity index is 839. The van der Waals surface area contributed by atoms with Crippen molar-refractivity contribution < 1.29 is 12.9 Å². The van der Waals surface area contributed by atoms with Crippen LogP contribution in [0.25, 0.3) is 0 Å². The minimum atomic E-state index is -3.54. The van der Waals surface area contributed by atoms with E-state index >= 15 is 0 Å². The molecule has 1 aliphatic heterocycles. The predicted octanol–water partition coefficient (Wildman–Crippen LogP) is 2.88. The maximum Gasteiger partial charge on any atom is 0.248 e. The second-order valence-electron chi connectivity index (χ2n) is 6.59. The highest BCUT2D eigenvalue weighted by molar-refractivity contribution is 7.89. The first-order valence-corrected chi connectivity index (χ1v) is 10.6. The van der Waals surface area contributed by atoms with Gasteiger partial charge in [0.2, 0.25) is 10.0 Å². The third-order valence-corrected chi connectivity index (χ3v) is 7.29. The highest BCUT2D eigenvalue weighted by Gasteiger charge is 2.33. The zero-order chi connectivity index (χ0) is 18.7. The molecule has 0 bridgehead atoms. The molecule has 0 aliphatic carbocycles. The molecule has 1 saturated heterocycles. The molecule has 0 N–H and O–H groups in total. The van der Waals surface area contributed by atoms with Crippen LogP contribution in [0.1, 0.15) is 23.4 Å². The van der Waals surface area contributed by atoms with Crippen LogP contribution in [-0.2, 0) is 16.4 Å². The number of benzene rings is 1. The number of piperazine rings is 1. The molecule has 1 aliphatic rings. The van der Waals surface area contributed by atoms with Crippen LogP contribution >= 0.6 is 11.6 Å². The van der Waals surface area contributed by atoms with Crippen molar-refractivity contribution in [3.8, 4) is 0 Å². The highest BCUT2D eigenvalue weighted by Crippen LogP contribution is 2.24. The summed E-state index contributed by atoms with van der Waals surface area (Å²) in [5, 5.41) is 4.57. The van der Waals surface area contributed by atoms with Crippen molar-refractivity contribution >= 4 is 21.6 Å². The largest absolute Gasteiger partial charge is 0.360 e. The standard InChI is InChI=1S/C18H24ClN3O3S/c1-14-18(15(2)25-20-14)26(23,24)22-12-10-21(11-13-22)9-5-7-16-6-3-4-8-17(16)19/h3-4,6,8H,5,7,9-13H2,1-2H3. The fourth-order valence-electron chi connectivity index (χ4n) is 3.36. The van der Waals surface area contributed by atoms with E-state index in [4.69, 9.17) is 16.1 Å². The van der Waals surface area contributed by atoms with E-state index in [-0.39, 0.29) is 4.90 Å². The fraction of sp³-hybridized carbons (Fsp3) is 0.500. The van der Waals surface area contributed by atoms with Crippen molar-refractivity contribution in [3.63, 3.8) is 0 Å². The Hall–Kier alpha value is -1.41. The lowest BCUT2D eigenvalue weighted by molar-refractivity contribution is 0.186. The molecule has 0 atom stereocenters. The first-order valence-electron chi connectivity index (χ1n) is 8.78. The molecule has 6 nitrogen and oxygen atoms in total. The molecule has 0 spiro atoms. The molecule has 0 unspecified atom stereocenters. The first-order chi connectivity index (χ1) is 12.4. The van der Waals surface area contributed by atoms with E-state index in [1.165, 1.54) is 4.31 Å². The van der Waals surface area contributed by atoms with Gasteiger partial charge in [0.1, 0.15) is 10.6 Å². The summed E-state index contributed by atoms with van der Waals surface area (Å²) >= 11 is 6.19. The van der Waals surface area contributed by atoms with E-state index in [0.717, 1.165) is 43.1 Å². The molecule has 26 heavy (non-hydrogen) atoms. The molecule has 0 amide bonds. The first kappa shape index (κ1) is 19.4. The monoisotopic (exact) mass is 397 g/mol. The fourth-order valence-corrected chi connectivity index (χ4v) is 5.30. The Morgan fingerprint density at radius 1 is 1.15 bits per heavy atom. The summed E-state index contributed by atoms with van der Waals surface area (Å²) in [5.74, 6) is 0.352. The molecule has 142 valence electrons. The topological polar surface area (TPSA) is 66.7 Å². The molecule has 1 aromatic heterocycles. The van der Waals surface area contributed by atoms with Crippen molar-refractivity contribution in [1.82, 2.24) is 14.4 Å². The lowest BCUT2D eigenvalue weighted by Crippen LogP contribution is -2.48. The Labute approximate surface area is 159 Å². The highest BCUT2D eigenvalue weighted by atomic mass is 35.5. The number of sulfonamides is 1. The quantitative estimate of drug-likeness (QED) is 0.749. The summed E-state index contributed by atoms with van der Waals surface area (Å²) < 4.78 is 32.2. The summed E-state index contributed by atoms with van der Waals surface area (Å²) in [5.41, 5.74) is 1.58. The summed E-state index contributed by atoms with van der Waals surface area (Å²) in [6, 6.07) is 7.90. The number of aromatic nitrogens is 1. The van der Waals surface area contributed by atoms with E-state index < -0.39 is 10.0 Å². The van der Waals surface area contributed by atoms with Crippen molar-refractivity contribution in [1.29, 1.82) is 0 Å². The summed E-state index contributed by atoms with van der Waals surface area (Å²) in [6.45, 7) is 6.66. The minimum absolute atomic E-state index is 0.213. The lowest BCUT2D eigenvalue weighted by Gasteiger charge is -2.33. The van der Waals surface area contributed by atoms with Crippen molar-refractivity contribution in [2.24, 2.45) is 0 Å². The second-order valence-corrected chi connectivity index (χ2v) is 8.88. The van der Waals surface area contributed by atoms with Gasteiger partial charge in [-0.25, -0.2) is 8.42 Å². The summed E-state index contributed by atoms with van der Waals surface area (Å²) in [7, 11) is -3.54. The predicted molar refractivity (Wildman–Crippen MR) is 101 cm³/mol. The Kier molecular flexibility index (Phi) is 6.02. The zero-order valence-corrected chi connectivity index (χ0v) is 16.7. The van der Waals surface area contributed by atoms with E-state index in [2.05, 4.69) is 16.1 Å². The molecule has 8 heteroatoms. The SMILES string of the molecule is Cc1noc(C)c1S(=O)(=O)N1CCN(CCCc2ccccc2Cl)CC1. The van der Waals surface area contributed by atoms with Gasteiger partial charge in [0.05, 0.1) is 0 Å². The maximum atomic E-state index is 12.8. The van der Waals surface area contributed by atoms with Crippen molar-refractivity contribution in [3.05, 3.63) is 46.3 Å². The van der Waals surface area contributed by atoms with Crippen molar-refractivity contribution in [2.45, 2.75) is 31.6 Å². The van der Waals surface area contributed by atoms with E-state index in [0.29, 0.717) is 24.5 Å². The number of hydrogen-bond acceptors (Lipinski definition) is 5. The molecular weight excluding hydrogens is 374 g/mol. The number of halogens is 1. The van der Waals surface area contributed by atoms with Gasteiger partial charge in [-0.05, 0) is 44.9 Å². The van der Waals surface area contributed by atoms with Crippen LogP contribution in [0.2, 0.25) is 5.02 Å². The molecular formula is C18H24ClN3O3S. The summed E-state index contributed by atoms with van der Waals surface area (Å²) in [6.07, 6.45) is 1.93.